The number of nitrogens with zero attached hydrogens (tertiary/aromatic N) is 1. The summed E-state index contributed by atoms with van der Waals surface area (Å²) in [6, 6.07) is 7.06. The van der Waals surface area contributed by atoms with E-state index in [9.17, 15) is 24.2 Å². The summed E-state index contributed by atoms with van der Waals surface area (Å²) in [4.78, 5) is 26.3. The lowest BCUT2D eigenvalue weighted by Crippen LogP contribution is -2.38. The van der Waals surface area contributed by atoms with Gasteiger partial charge < -0.3 is 14.9 Å². The smallest absolute Gasteiger partial charge is 0.339 e. The summed E-state index contributed by atoms with van der Waals surface area (Å²) in [5, 5.41) is 19.4. The third kappa shape index (κ3) is 4.81. The zero-order valence-corrected chi connectivity index (χ0v) is 19.3. The van der Waals surface area contributed by atoms with Crippen molar-refractivity contribution in [2.75, 3.05) is 13.8 Å². The number of Topliss-reactive ketones (excluding diaryl/α,β-unsaturated/α-hetero) is 1. The summed E-state index contributed by atoms with van der Waals surface area (Å²) < 4.78 is 19.9. The summed E-state index contributed by atoms with van der Waals surface area (Å²) in [6.07, 6.45) is 1.44. The highest BCUT2D eigenvalue weighted by atomic mass is 35.5. The van der Waals surface area contributed by atoms with Crippen molar-refractivity contribution in [2.45, 2.75) is 32.4 Å². The molecule has 0 spiro atoms. The Morgan fingerprint density at radius 3 is 2.53 bits per heavy atom. The lowest BCUT2D eigenvalue weighted by Gasteiger charge is -2.35. The number of carbonyl (C=O) groups excluding carboxylic acids is 1. The van der Waals surface area contributed by atoms with E-state index in [4.69, 9.17) is 16.3 Å². The number of carbonyl (C=O) groups is 2. The molecule has 3 rings (SSSR count). The highest BCUT2D eigenvalue weighted by Crippen LogP contribution is 2.38. The summed E-state index contributed by atoms with van der Waals surface area (Å²) >= 11 is 5.88. The van der Waals surface area contributed by atoms with Crippen LogP contribution in [0.5, 0.6) is 5.75 Å². The number of halogens is 3. The Morgan fingerprint density at radius 2 is 1.97 bits per heavy atom. The SMILES string of the molecule is COc1cc2c(cc1Cc1cccc(Cl)c1F)C(=O)C(C(=O)O)=CC2N(CO)C(C)C.Cl. The Morgan fingerprint density at radius 1 is 1.28 bits per heavy atom. The topological polar surface area (TPSA) is 87.1 Å². The Kier molecular flexibility index (Phi) is 8.42. The lowest BCUT2D eigenvalue weighted by atomic mass is 9.84. The molecule has 0 heterocycles. The van der Waals surface area contributed by atoms with Gasteiger partial charge >= 0.3 is 5.97 Å². The van der Waals surface area contributed by atoms with Crippen molar-refractivity contribution in [2.24, 2.45) is 0 Å². The van der Waals surface area contributed by atoms with Crippen LogP contribution in [0.15, 0.2) is 42.0 Å². The molecular weight excluding hydrogens is 460 g/mol. The number of carboxylic acids is 1. The highest BCUT2D eigenvalue weighted by Gasteiger charge is 2.35. The zero-order chi connectivity index (χ0) is 22.9. The zero-order valence-electron chi connectivity index (χ0n) is 17.8. The molecule has 1 aliphatic rings. The van der Waals surface area contributed by atoms with Crippen LogP contribution in [0.4, 0.5) is 4.39 Å². The molecule has 0 radical (unpaired) electrons. The van der Waals surface area contributed by atoms with E-state index >= 15 is 0 Å². The first-order valence-electron chi connectivity index (χ1n) is 9.69. The molecule has 0 saturated carbocycles. The Hall–Kier alpha value is -2.45. The summed E-state index contributed by atoms with van der Waals surface area (Å²) in [6.45, 7) is 3.37. The summed E-state index contributed by atoms with van der Waals surface area (Å²) in [5.41, 5.74) is 1.16. The van der Waals surface area contributed by atoms with Gasteiger partial charge in [0.25, 0.3) is 0 Å². The lowest BCUT2D eigenvalue weighted by molar-refractivity contribution is -0.132. The van der Waals surface area contributed by atoms with E-state index in [1.165, 1.54) is 25.3 Å². The number of ether oxygens (including phenoxy) is 1. The summed E-state index contributed by atoms with van der Waals surface area (Å²) in [7, 11) is 1.46. The number of rotatable bonds is 7. The number of hydrogen-bond donors (Lipinski definition) is 2. The molecule has 6 nitrogen and oxygen atoms in total. The number of methoxy groups -OCH3 is 1. The molecule has 2 N–H and O–H groups in total. The molecule has 0 bridgehead atoms. The fourth-order valence-corrected chi connectivity index (χ4v) is 3.98. The van der Waals surface area contributed by atoms with Crippen LogP contribution in [0, 0.1) is 5.82 Å². The maximum absolute atomic E-state index is 14.4. The first-order valence-corrected chi connectivity index (χ1v) is 10.1. The van der Waals surface area contributed by atoms with Crippen LogP contribution >= 0.6 is 24.0 Å². The quantitative estimate of drug-likeness (QED) is 0.448. The second-order valence-electron chi connectivity index (χ2n) is 7.55. The number of benzene rings is 2. The van der Waals surface area contributed by atoms with E-state index in [-0.39, 0.29) is 47.8 Å². The number of aliphatic hydroxyl groups excluding tert-OH is 1. The molecule has 0 aliphatic heterocycles. The Bertz CT molecular complexity index is 1070. The second-order valence-corrected chi connectivity index (χ2v) is 7.96. The van der Waals surface area contributed by atoms with Gasteiger partial charge in [0.1, 0.15) is 17.1 Å². The molecule has 0 amide bonds. The Labute approximate surface area is 196 Å². The molecule has 2 aromatic carbocycles. The van der Waals surface area contributed by atoms with Gasteiger partial charge in [0.15, 0.2) is 5.78 Å². The van der Waals surface area contributed by atoms with Crippen LogP contribution in [0.1, 0.15) is 46.9 Å². The van der Waals surface area contributed by atoms with Crippen LogP contribution < -0.4 is 4.74 Å². The monoisotopic (exact) mass is 483 g/mol. The van der Waals surface area contributed by atoms with Gasteiger partial charge in [-0.1, -0.05) is 23.7 Å². The standard InChI is InChI=1S/C23H23ClFNO5.ClH/c1-12(2)26(11-27)19-9-17(23(29)30)22(28)16-8-14(20(31-3)10-15(16)19)7-13-5-4-6-18(24)21(13)25;/h4-6,8-10,12,19,27H,7,11H2,1-3H3,(H,29,30);1H. The predicted molar refractivity (Wildman–Crippen MR) is 121 cm³/mol. The molecule has 1 unspecified atom stereocenters. The van der Waals surface area contributed by atoms with E-state index in [1.807, 2.05) is 13.8 Å². The van der Waals surface area contributed by atoms with Gasteiger partial charge in [-0.2, -0.15) is 0 Å². The second kappa shape index (κ2) is 10.4. The number of carboxylic acid groups (broad SMARTS) is 1. The van der Waals surface area contributed by atoms with Crippen molar-refractivity contribution in [3.8, 4) is 5.75 Å². The van der Waals surface area contributed by atoms with E-state index in [0.717, 1.165) is 0 Å². The molecule has 0 aromatic heterocycles. The first-order chi connectivity index (χ1) is 14.7. The minimum atomic E-state index is -1.35. The maximum Gasteiger partial charge on any atom is 0.339 e. The number of aliphatic hydroxyl groups is 1. The van der Waals surface area contributed by atoms with Crippen molar-refractivity contribution in [1.82, 2.24) is 4.90 Å². The summed E-state index contributed by atoms with van der Waals surface area (Å²) in [5.74, 6) is -2.13. The van der Waals surface area contributed by atoms with Crippen molar-refractivity contribution < 1.29 is 28.9 Å². The Balaban J connectivity index is 0.00000363. The number of ketones is 1. The number of fused-ring (bicyclic) bond motifs is 1. The van der Waals surface area contributed by atoms with Gasteiger partial charge in [0.2, 0.25) is 0 Å². The molecule has 172 valence electrons. The van der Waals surface area contributed by atoms with E-state index < -0.39 is 23.6 Å². The van der Waals surface area contributed by atoms with Gasteiger partial charge in [0.05, 0.1) is 24.9 Å². The van der Waals surface area contributed by atoms with Gasteiger partial charge in [-0.3, -0.25) is 9.69 Å². The average molecular weight is 484 g/mol. The largest absolute Gasteiger partial charge is 0.496 e. The van der Waals surface area contributed by atoms with Gasteiger partial charge in [-0.15, -0.1) is 12.4 Å². The van der Waals surface area contributed by atoms with Crippen molar-refractivity contribution in [1.29, 1.82) is 0 Å². The van der Waals surface area contributed by atoms with E-state index in [2.05, 4.69) is 0 Å². The van der Waals surface area contributed by atoms with E-state index in [1.54, 1.807) is 23.1 Å². The molecule has 0 saturated heterocycles. The minimum Gasteiger partial charge on any atom is -0.496 e. The van der Waals surface area contributed by atoms with Crippen LogP contribution in [0.25, 0.3) is 0 Å². The van der Waals surface area contributed by atoms with Gasteiger partial charge in [-0.25, -0.2) is 9.18 Å². The van der Waals surface area contributed by atoms with Crippen molar-refractivity contribution >= 4 is 35.8 Å². The third-order valence-corrected chi connectivity index (χ3v) is 5.70. The van der Waals surface area contributed by atoms with Crippen LogP contribution in [0.2, 0.25) is 5.02 Å². The predicted octanol–water partition coefficient (Wildman–Crippen LogP) is 4.41. The molecular formula is C23H24Cl2FNO5. The number of hydrogen-bond acceptors (Lipinski definition) is 5. The number of aliphatic carboxylic acids is 1. The molecule has 1 atom stereocenters. The van der Waals surface area contributed by atoms with Gasteiger partial charge in [-0.05, 0) is 54.8 Å². The van der Waals surface area contributed by atoms with Gasteiger partial charge in [0, 0.05) is 18.0 Å². The minimum absolute atomic E-state index is 0. The normalized spacial score (nSPS) is 15.3. The molecule has 1 aliphatic carbocycles. The van der Waals surface area contributed by atoms with Crippen LogP contribution in [-0.4, -0.2) is 46.7 Å². The molecule has 2 aromatic rings. The van der Waals surface area contributed by atoms with E-state index in [0.29, 0.717) is 22.4 Å². The highest BCUT2D eigenvalue weighted by molar-refractivity contribution is 6.30. The fourth-order valence-electron chi connectivity index (χ4n) is 3.78. The average Bonchev–Trinajstić information content (AvgIpc) is 2.72. The van der Waals surface area contributed by atoms with Crippen molar-refractivity contribution in [3.05, 3.63) is 75.1 Å². The van der Waals surface area contributed by atoms with Crippen LogP contribution in [-0.2, 0) is 11.2 Å². The fraction of sp³-hybridized carbons (Fsp3) is 0.304. The van der Waals surface area contributed by atoms with Crippen molar-refractivity contribution in [3.63, 3.8) is 0 Å². The first kappa shape index (κ1) is 25.8. The maximum atomic E-state index is 14.4. The molecule has 9 heteroatoms. The third-order valence-electron chi connectivity index (χ3n) is 5.41. The molecule has 0 fully saturated rings. The van der Waals surface area contributed by atoms with Crippen LogP contribution in [0.3, 0.4) is 0 Å². The molecule has 32 heavy (non-hydrogen) atoms.